The lowest BCUT2D eigenvalue weighted by Crippen LogP contribution is -2.28. The molecule has 1 amide bonds. The van der Waals surface area contributed by atoms with Crippen LogP contribution in [0.5, 0.6) is 0 Å². The molecule has 2 aromatic rings. The number of amides is 1. The Bertz CT molecular complexity index is 639. The summed E-state index contributed by atoms with van der Waals surface area (Å²) in [6.07, 6.45) is 0. The largest absolute Gasteiger partial charge is 0.464 e. The number of carbonyl (C=O) groups is 2. The van der Waals surface area contributed by atoms with Gasteiger partial charge in [0.1, 0.15) is 6.54 Å². The lowest BCUT2D eigenvalue weighted by atomic mass is 10.2. The lowest BCUT2D eigenvalue weighted by molar-refractivity contribution is -0.122. The van der Waals surface area contributed by atoms with Crippen LogP contribution in [0.15, 0.2) is 30.3 Å². The molecule has 21 heavy (non-hydrogen) atoms. The van der Waals surface area contributed by atoms with Crippen LogP contribution in [0.1, 0.15) is 16.1 Å². The second kappa shape index (κ2) is 6.51. The molecule has 1 heterocycles. The third-order valence-corrected chi connectivity index (χ3v) is 2.78. The van der Waals surface area contributed by atoms with E-state index in [4.69, 9.17) is 5.73 Å². The summed E-state index contributed by atoms with van der Waals surface area (Å²) in [5, 5.41) is 9.98. The molecule has 0 atom stereocenters. The molecule has 8 heteroatoms. The normalized spacial score (nSPS) is 10.1. The minimum Gasteiger partial charge on any atom is -0.464 e. The van der Waals surface area contributed by atoms with E-state index in [1.165, 1.54) is 7.11 Å². The Balaban J connectivity index is 1.94. The fourth-order valence-corrected chi connectivity index (χ4v) is 1.67. The Kier molecular flexibility index (Phi) is 4.50. The number of benzene rings is 1. The molecule has 1 aromatic carbocycles. The highest BCUT2D eigenvalue weighted by atomic mass is 16.5. The van der Waals surface area contributed by atoms with Crippen molar-refractivity contribution in [3.8, 4) is 0 Å². The van der Waals surface area contributed by atoms with Gasteiger partial charge in [0.25, 0.3) is 0 Å². The average molecular weight is 289 g/mol. The number of methoxy groups -OCH3 is 1. The number of nitrogens with one attached hydrogen (secondary N) is 1. The number of aromatic nitrogens is 3. The molecule has 0 unspecified atom stereocenters. The molecule has 110 valence electrons. The van der Waals surface area contributed by atoms with Crippen molar-refractivity contribution in [3.63, 3.8) is 0 Å². The van der Waals surface area contributed by atoms with Crippen LogP contribution in [0, 0.1) is 0 Å². The Hall–Kier alpha value is -2.90. The molecule has 0 bridgehead atoms. The Morgan fingerprint density at radius 2 is 2.05 bits per heavy atom. The first-order chi connectivity index (χ1) is 10.1. The fourth-order valence-electron chi connectivity index (χ4n) is 1.67. The second-order valence-corrected chi connectivity index (χ2v) is 4.23. The zero-order valence-electron chi connectivity index (χ0n) is 11.4. The monoisotopic (exact) mass is 289 g/mol. The van der Waals surface area contributed by atoms with Gasteiger partial charge in [-0.25, -0.2) is 9.48 Å². The number of nitrogens with zero attached hydrogens (tertiary/aromatic N) is 3. The number of hydrogen-bond donors (Lipinski definition) is 2. The van der Waals surface area contributed by atoms with Gasteiger partial charge in [-0.1, -0.05) is 35.5 Å². The van der Waals surface area contributed by atoms with E-state index in [1.54, 1.807) is 0 Å². The van der Waals surface area contributed by atoms with E-state index in [9.17, 15) is 9.59 Å². The standard InChI is InChI=1S/C13H15N5O3/c1-21-13(20)11-12(14)18(17-16-11)8-10(19)15-7-9-5-3-2-4-6-9/h2-6H,7-8,14H2,1H3,(H,15,19). The fraction of sp³-hybridized carbons (Fsp3) is 0.231. The Morgan fingerprint density at radius 1 is 1.33 bits per heavy atom. The number of carbonyl (C=O) groups excluding carboxylic acids is 2. The van der Waals surface area contributed by atoms with Gasteiger partial charge in [0.2, 0.25) is 11.6 Å². The smallest absolute Gasteiger partial charge is 0.362 e. The van der Waals surface area contributed by atoms with Crippen LogP contribution in [0.25, 0.3) is 0 Å². The first-order valence-electron chi connectivity index (χ1n) is 6.19. The first kappa shape index (κ1) is 14.5. The average Bonchev–Trinajstić information content (AvgIpc) is 2.86. The van der Waals surface area contributed by atoms with E-state index in [0.29, 0.717) is 6.54 Å². The molecule has 0 aliphatic rings. The molecule has 0 fully saturated rings. The van der Waals surface area contributed by atoms with Crippen LogP contribution in [0.3, 0.4) is 0 Å². The van der Waals surface area contributed by atoms with Crippen molar-refractivity contribution in [2.45, 2.75) is 13.1 Å². The molecule has 0 spiro atoms. The minimum atomic E-state index is -0.691. The van der Waals surface area contributed by atoms with Gasteiger partial charge in [0.15, 0.2) is 5.82 Å². The van der Waals surface area contributed by atoms with E-state index in [-0.39, 0.29) is 24.0 Å². The zero-order valence-corrected chi connectivity index (χ0v) is 11.4. The highest BCUT2D eigenvalue weighted by Crippen LogP contribution is 2.08. The lowest BCUT2D eigenvalue weighted by Gasteiger charge is -2.06. The summed E-state index contributed by atoms with van der Waals surface area (Å²) in [6, 6.07) is 9.48. The van der Waals surface area contributed by atoms with Crippen LogP contribution in [0.4, 0.5) is 5.82 Å². The van der Waals surface area contributed by atoms with Crippen molar-refractivity contribution >= 4 is 17.7 Å². The number of esters is 1. The molecule has 0 saturated carbocycles. The molecule has 0 aliphatic heterocycles. The van der Waals surface area contributed by atoms with Gasteiger partial charge in [-0.3, -0.25) is 4.79 Å². The minimum absolute atomic E-state index is 0.00305. The summed E-state index contributed by atoms with van der Waals surface area (Å²) in [7, 11) is 1.22. The SMILES string of the molecule is COC(=O)c1nnn(CC(=O)NCc2ccccc2)c1N. The molecule has 8 nitrogen and oxygen atoms in total. The molecule has 1 aromatic heterocycles. The number of anilines is 1. The quantitative estimate of drug-likeness (QED) is 0.747. The summed E-state index contributed by atoms with van der Waals surface area (Å²) in [5.74, 6) is -0.980. The molecule has 0 aliphatic carbocycles. The van der Waals surface area contributed by atoms with E-state index in [0.717, 1.165) is 10.2 Å². The van der Waals surface area contributed by atoms with Crippen molar-refractivity contribution in [1.29, 1.82) is 0 Å². The van der Waals surface area contributed by atoms with Crippen LogP contribution >= 0.6 is 0 Å². The number of ether oxygens (including phenoxy) is 1. The van der Waals surface area contributed by atoms with Gasteiger partial charge in [0.05, 0.1) is 7.11 Å². The van der Waals surface area contributed by atoms with Crippen molar-refractivity contribution < 1.29 is 14.3 Å². The van der Waals surface area contributed by atoms with Crippen molar-refractivity contribution in [2.24, 2.45) is 0 Å². The Morgan fingerprint density at radius 3 is 2.71 bits per heavy atom. The van der Waals surface area contributed by atoms with E-state index in [1.807, 2.05) is 30.3 Å². The maximum atomic E-state index is 11.8. The van der Waals surface area contributed by atoms with Gasteiger partial charge in [-0.2, -0.15) is 0 Å². The van der Waals surface area contributed by atoms with Crippen LogP contribution in [0.2, 0.25) is 0 Å². The number of nitrogen functional groups attached to an aromatic ring is 1. The molecule has 0 saturated heterocycles. The maximum absolute atomic E-state index is 11.8. The van der Waals surface area contributed by atoms with E-state index >= 15 is 0 Å². The number of nitrogens with two attached hydrogens (primary N) is 1. The summed E-state index contributed by atoms with van der Waals surface area (Å²) >= 11 is 0. The van der Waals surface area contributed by atoms with Gasteiger partial charge in [-0.05, 0) is 5.56 Å². The van der Waals surface area contributed by atoms with Gasteiger partial charge in [-0.15, -0.1) is 5.10 Å². The van der Waals surface area contributed by atoms with E-state index < -0.39 is 5.97 Å². The first-order valence-corrected chi connectivity index (χ1v) is 6.19. The number of hydrogen-bond acceptors (Lipinski definition) is 6. The highest BCUT2D eigenvalue weighted by molar-refractivity contribution is 5.92. The third-order valence-electron chi connectivity index (χ3n) is 2.78. The van der Waals surface area contributed by atoms with Gasteiger partial charge in [0, 0.05) is 6.54 Å². The molecule has 0 radical (unpaired) electrons. The molecule has 3 N–H and O–H groups in total. The zero-order chi connectivity index (χ0) is 15.2. The summed E-state index contributed by atoms with van der Waals surface area (Å²) in [5.41, 5.74) is 6.57. The molecular formula is C13H15N5O3. The maximum Gasteiger partial charge on any atom is 0.362 e. The van der Waals surface area contributed by atoms with Crippen molar-refractivity contribution in [2.75, 3.05) is 12.8 Å². The van der Waals surface area contributed by atoms with E-state index in [2.05, 4.69) is 20.4 Å². The predicted molar refractivity (Wildman–Crippen MR) is 74.1 cm³/mol. The summed E-state index contributed by atoms with van der Waals surface area (Å²) < 4.78 is 5.65. The Labute approximate surface area is 120 Å². The predicted octanol–water partition coefficient (Wildman–Crippen LogP) is -0.0367. The molecular weight excluding hydrogens is 274 g/mol. The van der Waals surface area contributed by atoms with Gasteiger partial charge >= 0.3 is 5.97 Å². The highest BCUT2D eigenvalue weighted by Gasteiger charge is 2.19. The second-order valence-electron chi connectivity index (χ2n) is 4.23. The summed E-state index contributed by atoms with van der Waals surface area (Å²) in [6.45, 7) is 0.279. The molecule has 2 rings (SSSR count). The summed E-state index contributed by atoms with van der Waals surface area (Å²) in [4.78, 5) is 23.1. The van der Waals surface area contributed by atoms with Crippen molar-refractivity contribution in [1.82, 2.24) is 20.3 Å². The van der Waals surface area contributed by atoms with Crippen molar-refractivity contribution in [3.05, 3.63) is 41.6 Å². The van der Waals surface area contributed by atoms with Gasteiger partial charge < -0.3 is 15.8 Å². The topological polar surface area (TPSA) is 112 Å². The number of rotatable bonds is 5. The van der Waals surface area contributed by atoms with Crippen LogP contribution in [-0.4, -0.2) is 34.0 Å². The third kappa shape index (κ3) is 3.56. The van der Waals surface area contributed by atoms with Crippen LogP contribution < -0.4 is 11.1 Å². The van der Waals surface area contributed by atoms with Crippen LogP contribution in [-0.2, 0) is 22.6 Å².